The fourth-order valence-corrected chi connectivity index (χ4v) is 3.20. The minimum atomic E-state index is -0.304. The van der Waals surface area contributed by atoms with Crippen LogP contribution in [0.5, 0.6) is 0 Å². The fraction of sp³-hybridized carbons (Fsp3) is 0.400. The maximum absolute atomic E-state index is 12.6. The second-order valence-corrected chi connectivity index (χ2v) is 6.63. The van der Waals surface area contributed by atoms with Gasteiger partial charge in [0, 0.05) is 13.0 Å². The predicted octanol–water partition coefficient (Wildman–Crippen LogP) is 3.20. The van der Waals surface area contributed by atoms with Gasteiger partial charge < -0.3 is 14.6 Å². The summed E-state index contributed by atoms with van der Waals surface area (Å²) in [6, 6.07) is 11.8. The summed E-state index contributed by atoms with van der Waals surface area (Å²) in [5.74, 6) is 0.380. The van der Waals surface area contributed by atoms with Crippen LogP contribution in [0.4, 0.5) is 0 Å². The Morgan fingerprint density at radius 2 is 2.08 bits per heavy atom. The summed E-state index contributed by atoms with van der Waals surface area (Å²) in [6.45, 7) is 4.95. The van der Waals surface area contributed by atoms with Crippen molar-refractivity contribution in [2.75, 3.05) is 6.54 Å². The van der Waals surface area contributed by atoms with Crippen molar-refractivity contribution in [1.29, 1.82) is 0 Å². The van der Waals surface area contributed by atoms with Gasteiger partial charge in [0.25, 0.3) is 0 Å². The molecule has 3 rings (SSSR count). The zero-order chi connectivity index (χ0) is 17.8. The van der Waals surface area contributed by atoms with Crippen LogP contribution in [0.3, 0.4) is 0 Å². The quantitative estimate of drug-likeness (QED) is 0.878. The Morgan fingerprint density at radius 1 is 1.32 bits per heavy atom. The zero-order valence-corrected chi connectivity index (χ0v) is 14.7. The first-order chi connectivity index (χ1) is 12.1. The Morgan fingerprint density at radius 3 is 2.72 bits per heavy atom. The Labute approximate surface area is 148 Å². The number of nitrogens with one attached hydrogen (secondary N) is 1. The number of amides is 2. The van der Waals surface area contributed by atoms with Crippen LogP contribution >= 0.6 is 0 Å². The average Bonchev–Trinajstić information content (AvgIpc) is 3.24. The zero-order valence-electron chi connectivity index (χ0n) is 14.7. The highest BCUT2D eigenvalue weighted by atomic mass is 16.3. The van der Waals surface area contributed by atoms with Gasteiger partial charge in [-0.25, -0.2) is 0 Å². The van der Waals surface area contributed by atoms with Crippen LogP contribution in [-0.4, -0.2) is 23.3 Å². The van der Waals surface area contributed by atoms with E-state index >= 15 is 0 Å². The number of hydrogen-bond acceptors (Lipinski definition) is 3. The summed E-state index contributed by atoms with van der Waals surface area (Å²) >= 11 is 0. The number of furan rings is 1. The number of rotatable bonds is 6. The summed E-state index contributed by atoms with van der Waals surface area (Å²) < 4.78 is 5.29. The van der Waals surface area contributed by atoms with E-state index in [-0.39, 0.29) is 30.2 Å². The molecule has 2 amide bonds. The van der Waals surface area contributed by atoms with E-state index in [1.165, 1.54) is 5.56 Å². The molecule has 2 aromatic rings. The van der Waals surface area contributed by atoms with Crippen molar-refractivity contribution < 1.29 is 14.0 Å². The van der Waals surface area contributed by atoms with Crippen LogP contribution in [-0.2, 0) is 16.1 Å². The van der Waals surface area contributed by atoms with Gasteiger partial charge in [-0.3, -0.25) is 9.59 Å². The van der Waals surface area contributed by atoms with Crippen LogP contribution in [0.15, 0.2) is 47.1 Å². The Balaban J connectivity index is 1.60. The van der Waals surface area contributed by atoms with Gasteiger partial charge in [0.05, 0.1) is 24.8 Å². The standard InChI is InChI=1S/C20H24N2O3/c1-3-18(15-8-6-14(2)7-9-15)21-20(24)16-11-19(23)22(12-16)13-17-5-4-10-25-17/h4-10,16,18H,3,11-13H2,1-2H3,(H,21,24). The molecule has 1 aromatic heterocycles. The Kier molecular flexibility index (Phi) is 5.22. The molecule has 1 N–H and O–H groups in total. The molecular formula is C20H24N2O3. The first kappa shape index (κ1) is 17.3. The van der Waals surface area contributed by atoms with Crippen molar-refractivity contribution in [2.45, 2.75) is 39.3 Å². The molecule has 2 unspecified atom stereocenters. The van der Waals surface area contributed by atoms with Gasteiger partial charge in [-0.2, -0.15) is 0 Å². The highest BCUT2D eigenvalue weighted by molar-refractivity contribution is 5.89. The molecule has 1 aliphatic heterocycles. The van der Waals surface area contributed by atoms with Crippen molar-refractivity contribution in [3.63, 3.8) is 0 Å². The molecule has 0 bridgehead atoms. The van der Waals surface area contributed by atoms with Gasteiger partial charge in [-0.1, -0.05) is 36.8 Å². The van der Waals surface area contributed by atoms with Gasteiger partial charge >= 0.3 is 0 Å². The maximum Gasteiger partial charge on any atom is 0.225 e. The summed E-state index contributed by atoms with van der Waals surface area (Å²) in [4.78, 5) is 26.5. The average molecular weight is 340 g/mol. The molecule has 0 spiro atoms. The lowest BCUT2D eigenvalue weighted by Crippen LogP contribution is -2.35. The van der Waals surface area contributed by atoms with Crippen molar-refractivity contribution in [3.05, 3.63) is 59.5 Å². The molecule has 25 heavy (non-hydrogen) atoms. The van der Waals surface area contributed by atoms with E-state index < -0.39 is 0 Å². The Hall–Kier alpha value is -2.56. The van der Waals surface area contributed by atoms with E-state index in [2.05, 4.69) is 5.32 Å². The molecule has 0 radical (unpaired) electrons. The molecule has 1 aliphatic rings. The number of aryl methyl sites for hydroxylation is 1. The van der Waals surface area contributed by atoms with Crippen LogP contribution in [0.2, 0.25) is 0 Å². The second-order valence-electron chi connectivity index (χ2n) is 6.63. The lowest BCUT2D eigenvalue weighted by atomic mass is 10.0. The number of carbonyl (C=O) groups is 2. The maximum atomic E-state index is 12.6. The van der Waals surface area contributed by atoms with E-state index in [1.54, 1.807) is 17.2 Å². The van der Waals surface area contributed by atoms with E-state index in [1.807, 2.05) is 44.2 Å². The first-order valence-corrected chi connectivity index (χ1v) is 8.74. The van der Waals surface area contributed by atoms with Crippen molar-refractivity contribution >= 4 is 11.8 Å². The normalized spacial score (nSPS) is 18.4. The van der Waals surface area contributed by atoms with Crippen molar-refractivity contribution in [1.82, 2.24) is 10.2 Å². The summed E-state index contributed by atoms with van der Waals surface area (Å²) in [5, 5.41) is 3.10. The molecule has 5 heteroatoms. The minimum Gasteiger partial charge on any atom is -0.467 e. The van der Waals surface area contributed by atoms with E-state index in [9.17, 15) is 9.59 Å². The highest BCUT2D eigenvalue weighted by Gasteiger charge is 2.35. The van der Waals surface area contributed by atoms with Crippen LogP contribution in [0.1, 0.15) is 42.7 Å². The molecule has 1 fully saturated rings. The van der Waals surface area contributed by atoms with Gasteiger partial charge in [-0.15, -0.1) is 0 Å². The van der Waals surface area contributed by atoms with Crippen LogP contribution in [0, 0.1) is 12.8 Å². The smallest absolute Gasteiger partial charge is 0.225 e. The third kappa shape index (κ3) is 4.10. The summed E-state index contributed by atoms with van der Waals surface area (Å²) in [6.07, 6.45) is 2.66. The minimum absolute atomic E-state index is 0.0000608. The van der Waals surface area contributed by atoms with Gasteiger partial charge in [0.15, 0.2) is 0 Å². The molecule has 1 saturated heterocycles. The Bertz CT molecular complexity index is 722. The highest BCUT2D eigenvalue weighted by Crippen LogP contribution is 2.23. The SMILES string of the molecule is CCC(NC(=O)C1CC(=O)N(Cc2ccco2)C1)c1ccc(C)cc1. The topological polar surface area (TPSA) is 62.6 Å². The second kappa shape index (κ2) is 7.55. The number of likely N-dealkylation sites (tertiary alicyclic amines) is 1. The number of benzene rings is 1. The third-order valence-electron chi connectivity index (χ3n) is 4.72. The van der Waals surface area contributed by atoms with Gasteiger partial charge in [0.2, 0.25) is 11.8 Å². The first-order valence-electron chi connectivity index (χ1n) is 8.74. The van der Waals surface area contributed by atoms with Crippen LogP contribution < -0.4 is 5.32 Å². The summed E-state index contributed by atoms with van der Waals surface area (Å²) in [5.41, 5.74) is 2.29. The molecule has 2 heterocycles. The van der Waals surface area contributed by atoms with Crippen LogP contribution in [0.25, 0.3) is 0 Å². The van der Waals surface area contributed by atoms with E-state index in [4.69, 9.17) is 4.42 Å². The predicted molar refractivity (Wildman–Crippen MR) is 94.6 cm³/mol. The molecule has 0 aliphatic carbocycles. The molecule has 0 saturated carbocycles. The lowest BCUT2D eigenvalue weighted by Gasteiger charge is -2.20. The number of nitrogens with zero attached hydrogens (tertiary/aromatic N) is 1. The van der Waals surface area contributed by atoms with E-state index in [0.29, 0.717) is 13.1 Å². The van der Waals surface area contributed by atoms with Crippen molar-refractivity contribution in [2.24, 2.45) is 5.92 Å². The monoisotopic (exact) mass is 340 g/mol. The lowest BCUT2D eigenvalue weighted by molar-refractivity contribution is -0.129. The van der Waals surface area contributed by atoms with Gasteiger partial charge in [0.1, 0.15) is 5.76 Å². The molecular weight excluding hydrogens is 316 g/mol. The fourth-order valence-electron chi connectivity index (χ4n) is 3.20. The van der Waals surface area contributed by atoms with Crippen molar-refractivity contribution in [3.8, 4) is 0 Å². The number of hydrogen-bond donors (Lipinski definition) is 1. The van der Waals surface area contributed by atoms with E-state index in [0.717, 1.165) is 17.7 Å². The summed E-state index contributed by atoms with van der Waals surface area (Å²) in [7, 11) is 0. The third-order valence-corrected chi connectivity index (χ3v) is 4.72. The number of carbonyl (C=O) groups excluding carboxylic acids is 2. The molecule has 5 nitrogen and oxygen atoms in total. The largest absolute Gasteiger partial charge is 0.467 e. The molecule has 132 valence electrons. The molecule has 1 aromatic carbocycles. The molecule has 2 atom stereocenters. The van der Waals surface area contributed by atoms with Gasteiger partial charge in [-0.05, 0) is 31.0 Å².